The Hall–Kier alpha value is -3.46. The van der Waals surface area contributed by atoms with Crippen LogP contribution in [0.2, 0.25) is 0 Å². The van der Waals surface area contributed by atoms with Crippen molar-refractivity contribution in [2.45, 2.75) is 32.9 Å². The number of aryl methyl sites for hydroxylation is 2. The maximum atomic E-state index is 14.5. The van der Waals surface area contributed by atoms with Gasteiger partial charge in [0.15, 0.2) is 5.65 Å². The number of aliphatic hydroxyl groups excluding tert-OH is 1. The Morgan fingerprint density at radius 1 is 1.35 bits per heavy atom. The van der Waals surface area contributed by atoms with Gasteiger partial charge in [-0.3, -0.25) is 9.08 Å². The minimum Gasteiger partial charge on any atom is -0.493 e. The van der Waals surface area contributed by atoms with Gasteiger partial charge in [0.25, 0.3) is 0 Å². The van der Waals surface area contributed by atoms with E-state index in [0.717, 1.165) is 28.3 Å². The van der Waals surface area contributed by atoms with Gasteiger partial charge in [-0.15, -0.1) is 0 Å². The zero-order chi connectivity index (χ0) is 21.7. The van der Waals surface area contributed by atoms with E-state index in [1.54, 1.807) is 34.5 Å². The Morgan fingerprint density at radius 3 is 2.94 bits per heavy atom. The molecular weight excluding hydrogens is 399 g/mol. The van der Waals surface area contributed by atoms with E-state index in [4.69, 9.17) is 4.74 Å². The standard InChI is InChI=1S/C22H23FN6O2/c1-12-8-19(28(3)27-12)16-10-25-22(29-11-18(13(2)30)26-21(16)29)24-9-15-14-6-7-31-20(14)5-4-17(15)23/h4-5,8,10-11,13,30H,6-7,9H2,1-3H3,(H,24,25). The van der Waals surface area contributed by atoms with Gasteiger partial charge in [-0.05, 0) is 32.0 Å². The van der Waals surface area contributed by atoms with Crippen molar-refractivity contribution >= 4 is 11.6 Å². The first-order chi connectivity index (χ1) is 14.9. The molecule has 0 aliphatic carbocycles. The highest BCUT2D eigenvalue weighted by atomic mass is 19.1. The Morgan fingerprint density at radius 2 is 2.19 bits per heavy atom. The van der Waals surface area contributed by atoms with E-state index in [1.807, 2.05) is 20.0 Å². The first-order valence-electron chi connectivity index (χ1n) is 10.2. The van der Waals surface area contributed by atoms with Crippen molar-refractivity contribution in [3.8, 4) is 17.0 Å². The van der Waals surface area contributed by atoms with Crippen LogP contribution in [0.15, 0.2) is 30.6 Å². The molecule has 1 atom stereocenters. The number of aliphatic hydroxyl groups is 1. The fourth-order valence-electron chi connectivity index (χ4n) is 4.04. The molecule has 1 aliphatic rings. The first kappa shape index (κ1) is 19.5. The average molecular weight is 422 g/mol. The van der Waals surface area contributed by atoms with Gasteiger partial charge >= 0.3 is 0 Å². The molecule has 31 heavy (non-hydrogen) atoms. The minimum atomic E-state index is -0.735. The molecule has 0 spiro atoms. The van der Waals surface area contributed by atoms with Gasteiger partial charge in [-0.2, -0.15) is 5.10 Å². The predicted molar refractivity (Wildman–Crippen MR) is 113 cm³/mol. The number of aromatic nitrogens is 5. The van der Waals surface area contributed by atoms with Crippen LogP contribution in [0.1, 0.15) is 35.5 Å². The molecule has 0 saturated carbocycles. The second-order valence-corrected chi connectivity index (χ2v) is 7.78. The molecule has 1 unspecified atom stereocenters. The van der Waals surface area contributed by atoms with Gasteiger partial charge in [0.1, 0.15) is 11.6 Å². The molecular formula is C22H23FN6O2. The summed E-state index contributed by atoms with van der Waals surface area (Å²) in [5.74, 6) is 0.968. The van der Waals surface area contributed by atoms with Crippen molar-refractivity contribution in [3.05, 3.63) is 58.9 Å². The molecule has 0 saturated heterocycles. The summed E-state index contributed by atoms with van der Waals surface area (Å²) in [5, 5.41) is 17.7. The second-order valence-electron chi connectivity index (χ2n) is 7.78. The number of halogens is 1. The molecule has 0 radical (unpaired) electrons. The van der Waals surface area contributed by atoms with Crippen LogP contribution in [0.5, 0.6) is 5.75 Å². The highest BCUT2D eigenvalue weighted by Crippen LogP contribution is 2.31. The van der Waals surface area contributed by atoms with Crippen molar-refractivity contribution in [1.82, 2.24) is 24.1 Å². The highest BCUT2D eigenvalue weighted by molar-refractivity contribution is 5.76. The third-order valence-corrected chi connectivity index (χ3v) is 5.58. The molecule has 0 bridgehead atoms. The number of anilines is 1. The number of nitrogens with zero attached hydrogens (tertiary/aromatic N) is 5. The summed E-state index contributed by atoms with van der Waals surface area (Å²) >= 11 is 0. The van der Waals surface area contributed by atoms with E-state index >= 15 is 0 Å². The predicted octanol–water partition coefficient (Wildman–Crippen LogP) is 3.18. The summed E-state index contributed by atoms with van der Waals surface area (Å²) in [5.41, 5.74) is 5.17. The van der Waals surface area contributed by atoms with Crippen molar-refractivity contribution in [2.75, 3.05) is 11.9 Å². The maximum Gasteiger partial charge on any atom is 0.208 e. The van der Waals surface area contributed by atoms with Crippen LogP contribution in [0, 0.1) is 12.7 Å². The number of rotatable bonds is 5. The van der Waals surface area contributed by atoms with Gasteiger partial charge in [0, 0.05) is 43.5 Å². The van der Waals surface area contributed by atoms with Gasteiger partial charge in [0.05, 0.1) is 35.4 Å². The highest BCUT2D eigenvalue weighted by Gasteiger charge is 2.21. The van der Waals surface area contributed by atoms with Crippen LogP contribution in [0.3, 0.4) is 0 Å². The number of hydrogen-bond acceptors (Lipinski definition) is 6. The first-order valence-corrected chi connectivity index (χ1v) is 10.2. The number of fused-ring (bicyclic) bond motifs is 2. The Kier molecular flexibility index (Phi) is 4.62. The third-order valence-electron chi connectivity index (χ3n) is 5.58. The molecule has 4 heterocycles. The van der Waals surface area contributed by atoms with Crippen molar-refractivity contribution < 1.29 is 14.2 Å². The van der Waals surface area contributed by atoms with Crippen LogP contribution < -0.4 is 10.1 Å². The van der Waals surface area contributed by atoms with Crippen molar-refractivity contribution in [3.63, 3.8) is 0 Å². The van der Waals surface area contributed by atoms with E-state index in [0.29, 0.717) is 35.9 Å². The fourth-order valence-corrected chi connectivity index (χ4v) is 4.04. The zero-order valence-corrected chi connectivity index (χ0v) is 17.6. The lowest BCUT2D eigenvalue weighted by Gasteiger charge is -2.13. The zero-order valence-electron chi connectivity index (χ0n) is 17.6. The smallest absolute Gasteiger partial charge is 0.208 e. The lowest BCUT2D eigenvalue weighted by atomic mass is 10.0. The average Bonchev–Trinajstić information content (AvgIpc) is 3.45. The Labute approximate surface area is 178 Å². The number of imidazole rings is 1. The summed E-state index contributed by atoms with van der Waals surface area (Å²) < 4.78 is 23.7. The lowest BCUT2D eigenvalue weighted by molar-refractivity contribution is 0.195. The second kappa shape index (κ2) is 7.35. The topological polar surface area (TPSA) is 89.5 Å². The lowest BCUT2D eigenvalue weighted by Crippen LogP contribution is -2.10. The van der Waals surface area contributed by atoms with Crippen LogP contribution in [0.4, 0.5) is 10.3 Å². The number of nitrogens with one attached hydrogen (secondary N) is 1. The normalized spacial score (nSPS) is 14.0. The van der Waals surface area contributed by atoms with E-state index in [9.17, 15) is 9.50 Å². The number of benzene rings is 1. The Bertz CT molecular complexity index is 1290. The molecule has 5 rings (SSSR count). The largest absolute Gasteiger partial charge is 0.493 e. The van der Waals surface area contributed by atoms with Gasteiger partial charge in [-0.1, -0.05) is 0 Å². The molecule has 0 amide bonds. The molecule has 2 N–H and O–H groups in total. The van der Waals surface area contributed by atoms with Crippen LogP contribution in [-0.4, -0.2) is 35.9 Å². The van der Waals surface area contributed by atoms with Crippen molar-refractivity contribution in [2.24, 2.45) is 7.05 Å². The summed E-state index contributed by atoms with van der Waals surface area (Å²) in [4.78, 5) is 9.21. The summed E-state index contributed by atoms with van der Waals surface area (Å²) in [6, 6.07) is 5.07. The molecule has 8 nitrogen and oxygen atoms in total. The summed E-state index contributed by atoms with van der Waals surface area (Å²) in [7, 11) is 1.87. The van der Waals surface area contributed by atoms with Gasteiger partial charge in [-0.25, -0.2) is 14.4 Å². The maximum absolute atomic E-state index is 14.5. The number of ether oxygens (including phenoxy) is 1. The van der Waals surface area contributed by atoms with E-state index < -0.39 is 6.10 Å². The molecule has 3 aromatic heterocycles. The van der Waals surface area contributed by atoms with Crippen LogP contribution in [0.25, 0.3) is 16.9 Å². The molecule has 9 heteroatoms. The number of hydrogen-bond donors (Lipinski definition) is 2. The minimum absolute atomic E-state index is 0.257. The molecule has 1 aromatic carbocycles. The molecule has 160 valence electrons. The third kappa shape index (κ3) is 3.31. The SMILES string of the molecule is Cc1cc(-c2cnc(NCc3c(F)ccc4c3CCO4)n3cc(C(C)O)nc23)n(C)n1. The van der Waals surface area contributed by atoms with Gasteiger partial charge < -0.3 is 15.2 Å². The van der Waals surface area contributed by atoms with Crippen molar-refractivity contribution in [1.29, 1.82) is 0 Å². The fraction of sp³-hybridized carbons (Fsp3) is 0.318. The van der Waals surface area contributed by atoms with E-state index in [2.05, 4.69) is 20.4 Å². The molecule has 4 aromatic rings. The summed E-state index contributed by atoms with van der Waals surface area (Å²) in [6.45, 7) is 4.41. The van der Waals surface area contributed by atoms with Crippen LogP contribution in [-0.2, 0) is 20.0 Å². The van der Waals surface area contributed by atoms with Gasteiger partial charge in [0.2, 0.25) is 5.95 Å². The quantitative estimate of drug-likeness (QED) is 0.514. The van der Waals surface area contributed by atoms with Crippen LogP contribution >= 0.6 is 0 Å². The monoisotopic (exact) mass is 422 g/mol. The Balaban J connectivity index is 1.57. The van der Waals surface area contributed by atoms with E-state index in [-0.39, 0.29) is 12.4 Å². The van der Waals surface area contributed by atoms with E-state index in [1.165, 1.54) is 6.07 Å². The molecule has 1 aliphatic heterocycles. The molecule has 0 fully saturated rings. The summed E-state index contributed by atoms with van der Waals surface area (Å²) in [6.07, 6.45) is 3.42.